The first-order valence-corrected chi connectivity index (χ1v) is 6.79. The SMILES string of the molecule is CCC(C(N)=O)N1CCCC2CCCCC21. The molecular weight excluding hydrogens is 200 g/mol. The van der Waals surface area contributed by atoms with Crippen molar-refractivity contribution in [2.75, 3.05) is 6.54 Å². The van der Waals surface area contributed by atoms with E-state index >= 15 is 0 Å². The molecule has 1 saturated heterocycles. The summed E-state index contributed by atoms with van der Waals surface area (Å²) in [7, 11) is 0. The number of carbonyl (C=O) groups is 1. The van der Waals surface area contributed by atoms with Gasteiger partial charge in [-0.1, -0.05) is 19.8 Å². The molecule has 1 aliphatic heterocycles. The molecule has 0 aromatic heterocycles. The smallest absolute Gasteiger partial charge is 0.234 e. The van der Waals surface area contributed by atoms with Gasteiger partial charge in [0.2, 0.25) is 5.91 Å². The largest absolute Gasteiger partial charge is 0.368 e. The molecule has 16 heavy (non-hydrogen) atoms. The van der Waals surface area contributed by atoms with Gasteiger partial charge in [0.05, 0.1) is 6.04 Å². The summed E-state index contributed by atoms with van der Waals surface area (Å²) in [6, 6.07) is 0.617. The lowest BCUT2D eigenvalue weighted by molar-refractivity contribution is -0.126. The standard InChI is InChI=1S/C13H24N2O/c1-2-11(13(14)16)15-9-5-7-10-6-3-4-8-12(10)15/h10-12H,2-9H2,1H3,(H2,14,16). The van der Waals surface area contributed by atoms with Crippen LogP contribution in [0.1, 0.15) is 51.9 Å². The first-order valence-electron chi connectivity index (χ1n) is 6.79. The number of fused-ring (bicyclic) bond motifs is 1. The molecule has 1 aliphatic carbocycles. The van der Waals surface area contributed by atoms with Crippen LogP contribution in [0, 0.1) is 5.92 Å². The maximum atomic E-state index is 11.5. The first kappa shape index (κ1) is 11.9. The summed E-state index contributed by atoms with van der Waals surface area (Å²) in [5.74, 6) is 0.699. The highest BCUT2D eigenvalue weighted by molar-refractivity contribution is 5.79. The lowest BCUT2D eigenvalue weighted by Gasteiger charge is -2.46. The number of amides is 1. The number of hydrogen-bond acceptors (Lipinski definition) is 2. The minimum atomic E-state index is -0.131. The van der Waals surface area contributed by atoms with Gasteiger partial charge in [-0.25, -0.2) is 0 Å². The number of primary amides is 1. The summed E-state index contributed by atoms with van der Waals surface area (Å²) < 4.78 is 0. The third kappa shape index (κ3) is 2.24. The van der Waals surface area contributed by atoms with Crippen molar-refractivity contribution in [1.82, 2.24) is 4.90 Å². The Hall–Kier alpha value is -0.570. The van der Waals surface area contributed by atoms with Crippen molar-refractivity contribution < 1.29 is 4.79 Å². The Balaban J connectivity index is 2.09. The number of hydrogen-bond donors (Lipinski definition) is 1. The van der Waals surface area contributed by atoms with E-state index in [0.717, 1.165) is 18.9 Å². The van der Waals surface area contributed by atoms with E-state index in [1.807, 2.05) is 0 Å². The summed E-state index contributed by atoms with van der Waals surface area (Å²) >= 11 is 0. The van der Waals surface area contributed by atoms with E-state index in [0.29, 0.717) is 6.04 Å². The Bertz CT molecular complexity index is 252. The molecule has 0 bridgehead atoms. The fourth-order valence-corrected chi connectivity index (χ4v) is 3.65. The number of likely N-dealkylation sites (tertiary alicyclic amines) is 1. The van der Waals surface area contributed by atoms with E-state index in [1.54, 1.807) is 0 Å². The summed E-state index contributed by atoms with van der Waals surface area (Å²) in [6.07, 6.45) is 8.79. The summed E-state index contributed by atoms with van der Waals surface area (Å²) in [4.78, 5) is 13.9. The monoisotopic (exact) mass is 224 g/mol. The van der Waals surface area contributed by atoms with Crippen LogP contribution in [0.25, 0.3) is 0 Å². The molecule has 3 heteroatoms. The average Bonchev–Trinajstić information content (AvgIpc) is 2.30. The van der Waals surface area contributed by atoms with E-state index < -0.39 is 0 Å². The Morgan fingerprint density at radius 3 is 2.69 bits per heavy atom. The molecule has 2 fully saturated rings. The van der Waals surface area contributed by atoms with Crippen LogP contribution in [0.5, 0.6) is 0 Å². The maximum absolute atomic E-state index is 11.5. The molecule has 0 aromatic carbocycles. The molecule has 0 spiro atoms. The molecular formula is C13H24N2O. The lowest BCUT2D eigenvalue weighted by Crippen LogP contribution is -2.55. The van der Waals surface area contributed by atoms with Gasteiger partial charge in [0.1, 0.15) is 0 Å². The van der Waals surface area contributed by atoms with Crippen LogP contribution in [-0.2, 0) is 4.79 Å². The highest BCUT2D eigenvalue weighted by Crippen LogP contribution is 2.36. The molecule has 2 aliphatic rings. The number of nitrogens with zero attached hydrogens (tertiary/aromatic N) is 1. The predicted octanol–water partition coefficient (Wildman–Crippen LogP) is 1.90. The zero-order valence-electron chi connectivity index (χ0n) is 10.3. The van der Waals surface area contributed by atoms with Crippen LogP contribution >= 0.6 is 0 Å². The molecule has 2 rings (SSSR count). The number of nitrogens with two attached hydrogens (primary N) is 1. The van der Waals surface area contributed by atoms with Crippen molar-refractivity contribution >= 4 is 5.91 Å². The Kier molecular flexibility index (Phi) is 3.85. The van der Waals surface area contributed by atoms with Crippen molar-refractivity contribution in [2.45, 2.75) is 64.0 Å². The lowest BCUT2D eigenvalue weighted by atomic mass is 9.77. The summed E-state index contributed by atoms with van der Waals surface area (Å²) in [6.45, 7) is 3.14. The summed E-state index contributed by atoms with van der Waals surface area (Å²) in [5, 5.41) is 0. The molecule has 1 saturated carbocycles. The third-order valence-corrected chi connectivity index (χ3v) is 4.40. The predicted molar refractivity (Wildman–Crippen MR) is 65.0 cm³/mol. The summed E-state index contributed by atoms with van der Waals surface area (Å²) in [5.41, 5.74) is 5.52. The molecule has 3 unspecified atom stereocenters. The minimum Gasteiger partial charge on any atom is -0.368 e. The Labute approximate surface area is 98.4 Å². The van der Waals surface area contributed by atoms with Crippen molar-refractivity contribution in [3.8, 4) is 0 Å². The normalized spacial score (nSPS) is 33.1. The second kappa shape index (κ2) is 5.17. The molecule has 3 nitrogen and oxygen atoms in total. The van der Waals surface area contributed by atoms with Gasteiger partial charge in [0.15, 0.2) is 0 Å². The van der Waals surface area contributed by atoms with Crippen LogP contribution in [0.4, 0.5) is 0 Å². The molecule has 2 N–H and O–H groups in total. The highest BCUT2D eigenvalue weighted by Gasteiger charge is 2.37. The minimum absolute atomic E-state index is 0.0223. The fourth-order valence-electron chi connectivity index (χ4n) is 3.65. The quantitative estimate of drug-likeness (QED) is 0.796. The van der Waals surface area contributed by atoms with Gasteiger partial charge in [-0.05, 0) is 44.6 Å². The molecule has 1 amide bonds. The molecule has 3 atom stereocenters. The highest BCUT2D eigenvalue weighted by atomic mass is 16.1. The van der Waals surface area contributed by atoms with Crippen molar-refractivity contribution in [3.63, 3.8) is 0 Å². The zero-order valence-corrected chi connectivity index (χ0v) is 10.3. The second-order valence-electron chi connectivity index (χ2n) is 5.32. The van der Waals surface area contributed by atoms with Gasteiger partial charge >= 0.3 is 0 Å². The van der Waals surface area contributed by atoms with Gasteiger partial charge in [-0.3, -0.25) is 9.69 Å². The van der Waals surface area contributed by atoms with E-state index in [1.165, 1.54) is 38.5 Å². The van der Waals surface area contributed by atoms with E-state index in [-0.39, 0.29) is 11.9 Å². The topological polar surface area (TPSA) is 46.3 Å². The zero-order chi connectivity index (χ0) is 11.5. The number of rotatable bonds is 3. The number of carbonyl (C=O) groups excluding carboxylic acids is 1. The van der Waals surface area contributed by atoms with Gasteiger partial charge in [0.25, 0.3) is 0 Å². The maximum Gasteiger partial charge on any atom is 0.234 e. The van der Waals surface area contributed by atoms with Crippen LogP contribution in [0.2, 0.25) is 0 Å². The van der Waals surface area contributed by atoms with Crippen LogP contribution in [-0.4, -0.2) is 29.4 Å². The van der Waals surface area contributed by atoms with Crippen LogP contribution in [0.3, 0.4) is 0 Å². The van der Waals surface area contributed by atoms with Crippen LogP contribution in [0.15, 0.2) is 0 Å². The third-order valence-electron chi connectivity index (χ3n) is 4.40. The van der Waals surface area contributed by atoms with Gasteiger partial charge in [0, 0.05) is 6.04 Å². The average molecular weight is 224 g/mol. The van der Waals surface area contributed by atoms with E-state index in [2.05, 4.69) is 11.8 Å². The van der Waals surface area contributed by atoms with Crippen molar-refractivity contribution in [3.05, 3.63) is 0 Å². The Morgan fingerprint density at radius 1 is 1.31 bits per heavy atom. The van der Waals surface area contributed by atoms with Crippen molar-refractivity contribution in [1.29, 1.82) is 0 Å². The van der Waals surface area contributed by atoms with Gasteiger partial charge < -0.3 is 5.73 Å². The van der Waals surface area contributed by atoms with Gasteiger partial charge in [-0.15, -0.1) is 0 Å². The van der Waals surface area contributed by atoms with Crippen LogP contribution < -0.4 is 5.73 Å². The Morgan fingerprint density at radius 2 is 2.00 bits per heavy atom. The number of piperidine rings is 1. The first-order chi connectivity index (χ1) is 7.74. The molecule has 0 radical (unpaired) electrons. The molecule has 1 heterocycles. The van der Waals surface area contributed by atoms with E-state index in [4.69, 9.17) is 5.73 Å². The molecule has 0 aromatic rings. The fraction of sp³-hybridized carbons (Fsp3) is 0.923. The second-order valence-corrected chi connectivity index (χ2v) is 5.32. The van der Waals surface area contributed by atoms with E-state index in [9.17, 15) is 4.79 Å². The van der Waals surface area contributed by atoms with Crippen molar-refractivity contribution in [2.24, 2.45) is 11.7 Å². The molecule has 92 valence electrons. The van der Waals surface area contributed by atoms with Gasteiger partial charge in [-0.2, -0.15) is 0 Å².